The van der Waals surface area contributed by atoms with Crippen molar-refractivity contribution in [3.05, 3.63) is 46.5 Å². The zero-order valence-corrected chi connectivity index (χ0v) is 13.4. The molecular weight excluding hydrogens is 318 g/mol. The van der Waals surface area contributed by atoms with Gasteiger partial charge in [0.15, 0.2) is 0 Å². The van der Waals surface area contributed by atoms with E-state index in [0.29, 0.717) is 0 Å². The summed E-state index contributed by atoms with van der Waals surface area (Å²) >= 11 is 3.48. The second kappa shape index (κ2) is 6.99. The number of halogens is 1. The molecule has 1 heterocycles. The van der Waals surface area contributed by atoms with E-state index in [0.717, 1.165) is 23.1 Å². The molecule has 0 spiro atoms. The lowest BCUT2D eigenvalue weighted by Gasteiger charge is -2.16. The van der Waals surface area contributed by atoms with Gasteiger partial charge in [-0.15, -0.1) is 0 Å². The number of rotatable bonds is 6. The molecule has 0 radical (unpaired) electrons. The molecule has 1 N–H and O–H groups in total. The lowest BCUT2D eigenvalue weighted by atomic mass is 9.96. The van der Waals surface area contributed by atoms with Crippen LogP contribution in [0.1, 0.15) is 31.3 Å². The molecule has 0 aliphatic carbocycles. The van der Waals surface area contributed by atoms with Crippen LogP contribution in [0.25, 0.3) is 0 Å². The van der Waals surface area contributed by atoms with Crippen LogP contribution in [-0.2, 0) is 12.8 Å². The van der Waals surface area contributed by atoms with Crippen molar-refractivity contribution in [3.8, 4) is 0 Å². The number of aliphatic hydroxyl groups excluding tert-OH is 1. The maximum Gasteiger partial charge on any atom is 0.138 e. The third-order valence-electron chi connectivity index (χ3n) is 3.28. The van der Waals surface area contributed by atoms with E-state index in [9.17, 15) is 5.11 Å². The van der Waals surface area contributed by atoms with E-state index in [1.807, 2.05) is 16.8 Å². The van der Waals surface area contributed by atoms with Gasteiger partial charge in [0.25, 0.3) is 0 Å². The fraction of sp³-hybridized carbons (Fsp3) is 0.467. The number of benzene rings is 1. The van der Waals surface area contributed by atoms with Crippen molar-refractivity contribution in [2.45, 2.75) is 32.7 Å². The van der Waals surface area contributed by atoms with Crippen LogP contribution < -0.4 is 0 Å². The third-order valence-corrected chi connectivity index (χ3v) is 3.77. The average Bonchev–Trinajstić information content (AvgIpc) is 2.86. The molecule has 0 fully saturated rings. The van der Waals surface area contributed by atoms with E-state index >= 15 is 0 Å². The summed E-state index contributed by atoms with van der Waals surface area (Å²) < 4.78 is 2.99. The molecule has 1 unspecified atom stereocenters. The summed E-state index contributed by atoms with van der Waals surface area (Å²) in [4.78, 5) is 4.32. The Kier molecular flexibility index (Phi) is 5.31. The Hall–Kier alpha value is -1.20. The predicted molar refractivity (Wildman–Crippen MR) is 82.5 cm³/mol. The topological polar surface area (TPSA) is 50.9 Å². The Labute approximate surface area is 128 Å². The van der Waals surface area contributed by atoms with Crippen molar-refractivity contribution < 1.29 is 5.11 Å². The van der Waals surface area contributed by atoms with E-state index in [1.54, 1.807) is 6.33 Å². The molecule has 1 aromatic carbocycles. The minimum Gasteiger partial charge on any atom is -0.396 e. The number of hydrogen-bond donors (Lipinski definition) is 1. The Balaban J connectivity index is 2.07. The Morgan fingerprint density at radius 2 is 2.10 bits per heavy atom. The molecule has 1 atom stereocenters. The highest BCUT2D eigenvalue weighted by Gasteiger charge is 2.15. The zero-order chi connectivity index (χ0) is 14.5. The molecule has 20 heavy (non-hydrogen) atoms. The van der Waals surface area contributed by atoms with Gasteiger partial charge < -0.3 is 5.11 Å². The molecular formula is C15H20BrN3O. The second-order valence-electron chi connectivity index (χ2n) is 5.30. The molecule has 108 valence electrons. The van der Waals surface area contributed by atoms with Gasteiger partial charge in [0, 0.05) is 23.5 Å². The number of aromatic nitrogens is 3. The summed E-state index contributed by atoms with van der Waals surface area (Å²) in [5.41, 5.74) is 1.22. The summed E-state index contributed by atoms with van der Waals surface area (Å²) in [7, 11) is 0. The fourth-order valence-corrected chi connectivity index (χ4v) is 2.75. The van der Waals surface area contributed by atoms with E-state index in [4.69, 9.17) is 0 Å². The van der Waals surface area contributed by atoms with Gasteiger partial charge in [-0.05, 0) is 43.9 Å². The Bertz CT molecular complexity index is 554. The molecule has 2 rings (SSSR count). The first-order valence-corrected chi connectivity index (χ1v) is 7.63. The van der Waals surface area contributed by atoms with Gasteiger partial charge in [0.1, 0.15) is 12.2 Å². The maximum atomic E-state index is 9.62. The highest BCUT2D eigenvalue weighted by atomic mass is 79.9. The largest absolute Gasteiger partial charge is 0.396 e. The zero-order valence-electron chi connectivity index (χ0n) is 11.8. The fourth-order valence-electron chi connectivity index (χ4n) is 2.31. The lowest BCUT2D eigenvalue weighted by molar-refractivity contribution is 0.221. The van der Waals surface area contributed by atoms with Crippen molar-refractivity contribution in [3.63, 3.8) is 0 Å². The first-order valence-electron chi connectivity index (χ1n) is 6.83. The number of nitrogens with zero attached hydrogens (tertiary/aromatic N) is 3. The molecule has 0 bridgehead atoms. The van der Waals surface area contributed by atoms with Crippen LogP contribution in [0.2, 0.25) is 0 Å². The van der Waals surface area contributed by atoms with Gasteiger partial charge in [-0.2, -0.15) is 5.10 Å². The average molecular weight is 338 g/mol. The van der Waals surface area contributed by atoms with E-state index < -0.39 is 0 Å². The molecule has 0 amide bonds. The summed E-state index contributed by atoms with van der Waals surface area (Å²) in [5.74, 6) is 1.10. The molecule has 4 nitrogen and oxygen atoms in total. The SMILES string of the molecule is CC(C)n1ncnc1CC(CO)Cc1cccc(Br)c1. The van der Waals surface area contributed by atoms with Crippen LogP contribution in [0.15, 0.2) is 35.1 Å². The molecule has 0 saturated heterocycles. The van der Waals surface area contributed by atoms with Gasteiger partial charge in [-0.3, -0.25) is 0 Å². The highest BCUT2D eigenvalue weighted by molar-refractivity contribution is 9.10. The Morgan fingerprint density at radius 1 is 1.30 bits per heavy atom. The van der Waals surface area contributed by atoms with Crippen LogP contribution in [0.3, 0.4) is 0 Å². The van der Waals surface area contributed by atoms with Crippen LogP contribution >= 0.6 is 15.9 Å². The van der Waals surface area contributed by atoms with Gasteiger partial charge in [0.05, 0.1) is 0 Å². The summed E-state index contributed by atoms with van der Waals surface area (Å²) in [5, 5.41) is 13.9. The van der Waals surface area contributed by atoms with Crippen molar-refractivity contribution >= 4 is 15.9 Å². The van der Waals surface area contributed by atoms with E-state index in [-0.39, 0.29) is 18.6 Å². The number of hydrogen-bond acceptors (Lipinski definition) is 3. The van der Waals surface area contributed by atoms with Gasteiger partial charge in [-0.25, -0.2) is 9.67 Å². The van der Waals surface area contributed by atoms with Crippen LogP contribution in [0.4, 0.5) is 0 Å². The number of aliphatic hydroxyl groups is 1. The standard InChI is InChI=1S/C15H20BrN3O/c1-11(2)19-15(17-10-18-19)8-13(9-20)6-12-4-3-5-14(16)7-12/h3-5,7,10-11,13,20H,6,8-9H2,1-2H3. The van der Waals surface area contributed by atoms with Crippen LogP contribution in [0.5, 0.6) is 0 Å². The van der Waals surface area contributed by atoms with E-state index in [2.05, 4.69) is 52.0 Å². The van der Waals surface area contributed by atoms with Crippen molar-refractivity contribution in [1.29, 1.82) is 0 Å². The monoisotopic (exact) mass is 337 g/mol. The first kappa shape index (κ1) is 15.2. The van der Waals surface area contributed by atoms with Crippen molar-refractivity contribution in [2.24, 2.45) is 5.92 Å². The molecule has 1 aromatic heterocycles. The van der Waals surface area contributed by atoms with E-state index in [1.165, 1.54) is 5.56 Å². The minimum absolute atomic E-state index is 0.150. The molecule has 0 saturated carbocycles. The van der Waals surface area contributed by atoms with Crippen LogP contribution in [0, 0.1) is 5.92 Å². The quantitative estimate of drug-likeness (QED) is 0.881. The second-order valence-corrected chi connectivity index (χ2v) is 6.22. The first-order chi connectivity index (χ1) is 9.60. The molecule has 2 aromatic rings. The highest BCUT2D eigenvalue weighted by Crippen LogP contribution is 2.18. The Morgan fingerprint density at radius 3 is 2.75 bits per heavy atom. The summed E-state index contributed by atoms with van der Waals surface area (Å²) in [6.07, 6.45) is 3.16. The minimum atomic E-state index is 0.150. The summed E-state index contributed by atoms with van der Waals surface area (Å²) in [6.45, 7) is 4.32. The molecule has 0 aliphatic rings. The predicted octanol–water partition coefficient (Wildman–Crippen LogP) is 3.02. The summed E-state index contributed by atoms with van der Waals surface area (Å²) in [6, 6.07) is 8.49. The molecule has 0 aliphatic heterocycles. The van der Waals surface area contributed by atoms with Crippen molar-refractivity contribution in [1.82, 2.24) is 14.8 Å². The normalized spacial score (nSPS) is 12.8. The maximum absolute atomic E-state index is 9.62. The van der Waals surface area contributed by atoms with Gasteiger partial charge >= 0.3 is 0 Å². The van der Waals surface area contributed by atoms with Crippen molar-refractivity contribution in [2.75, 3.05) is 6.61 Å². The lowest BCUT2D eigenvalue weighted by Crippen LogP contribution is -2.17. The van der Waals surface area contributed by atoms with Crippen LogP contribution in [-0.4, -0.2) is 26.5 Å². The molecule has 5 heteroatoms. The smallest absolute Gasteiger partial charge is 0.138 e. The van der Waals surface area contributed by atoms with Gasteiger partial charge in [0.2, 0.25) is 0 Å². The van der Waals surface area contributed by atoms with Gasteiger partial charge in [-0.1, -0.05) is 28.1 Å². The third kappa shape index (κ3) is 3.90.